The van der Waals surface area contributed by atoms with E-state index in [1.807, 2.05) is 6.07 Å². The van der Waals surface area contributed by atoms with Gasteiger partial charge in [0.1, 0.15) is 5.75 Å². The molecule has 1 saturated heterocycles. The molecule has 0 aromatic carbocycles. The molecule has 1 aliphatic heterocycles. The monoisotopic (exact) mass is 262 g/mol. The summed E-state index contributed by atoms with van der Waals surface area (Å²) >= 11 is 0. The Morgan fingerprint density at radius 3 is 3.00 bits per heavy atom. The highest BCUT2D eigenvalue weighted by atomic mass is 16.5. The van der Waals surface area contributed by atoms with Crippen LogP contribution >= 0.6 is 0 Å². The number of aliphatic hydroxyl groups excluding tert-OH is 1. The molecule has 0 atom stereocenters. The first-order chi connectivity index (χ1) is 9.24. The average molecular weight is 262 g/mol. The van der Waals surface area contributed by atoms with E-state index in [0.717, 1.165) is 36.3 Å². The van der Waals surface area contributed by atoms with Crippen LogP contribution in [-0.2, 0) is 17.6 Å². The molecule has 1 fully saturated rings. The lowest BCUT2D eigenvalue weighted by Crippen LogP contribution is -2.54. The van der Waals surface area contributed by atoms with E-state index in [4.69, 9.17) is 9.84 Å². The smallest absolute Gasteiger partial charge is 0.260 e. The summed E-state index contributed by atoms with van der Waals surface area (Å²) in [6.45, 7) is 0.899. The molecule has 102 valence electrons. The Hall–Kier alpha value is -1.62. The number of aryl methyl sites for hydroxylation is 1. The first-order valence-electron chi connectivity index (χ1n) is 6.79. The number of aliphatic hydroxyl groups is 1. The maximum absolute atomic E-state index is 11.8. The van der Waals surface area contributed by atoms with E-state index >= 15 is 0 Å². The van der Waals surface area contributed by atoms with Crippen molar-refractivity contribution in [2.45, 2.75) is 31.8 Å². The molecule has 1 aromatic rings. The van der Waals surface area contributed by atoms with Crippen molar-refractivity contribution < 1.29 is 14.6 Å². The minimum absolute atomic E-state index is 0.0448. The standard InChI is InChI=1S/C14H18N2O3/c17-10-7-16(8-10)14(18)9-19-13-5-6-15-12-4-2-1-3-11(12)13/h5-6,10,17H,1-4,7-9H2. The van der Waals surface area contributed by atoms with Gasteiger partial charge in [-0.25, -0.2) is 0 Å². The SMILES string of the molecule is O=C(COc1ccnc2c1CCCC2)N1CC(O)C1. The third kappa shape index (κ3) is 2.56. The first kappa shape index (κ1) is 12.4. The van der Waals surface area contributed by atoms with Gasteiger partial charge in [0.05, 0.1) is 6.10 Å². The predicted octanol–water partition coefficient (Wildman–Crippen LogP) is 0.542. The normalized spacial score (nSPS) is 18.7. The lowest BCUT2D eigenvalue weighted by atomic mass is 9.95. The molecule has 2 heterocycles. The van der Waals surface area contributed by atoms with Crippen molar-refractivity contribution in [2.24, 2.45) is 0 Å². The van der Waals surface area contributed by atoms with Crippen molar-refractivity contribution in [2.75, 3.05) is 19.7 Å². The van der Waals surface area contributed by atoms with Gasteiger partial charge in [-0.2, -0.15) is 0 Å². The van der Waals surface area contributed by atoms with Crippen molar-refractivity contribution in [1.82, 2.24) is 9.88 Å². The van der Waals surface area contributed by atoms with Gasteiger partial charge in [0, 0.05) is 30.5 Å². The molecule has 1 amide bonds. The largest absolute Gasteiger partial charge is 0.483 e. The van der Waals surface area contributed by atoms with Crippen molar-refractivity contribution in [3.05, 3.63) is 23.5 Å². The van der Waals surface area contributed by atoms with Gasteiger partial charge in [0.2, 0.25) is 0 Å². The van der Waals surface area contributed by atoms with Crippen molar-refractivity contribution >= 4 is 5.91 Å². The molecule has 0 bridgehead atoms. The predicted molar refractivity (Wildman–Crippen MR) is 69.0 cm³/mol. The zero-order valence-corrected chi connectivity index (χ0v) is 10.8. The lowest BCUT2D eigenvalue weighted by molar-refractivity contribution is -0.143. The van der Waals surface area contributed by atoms with E-state index in [0.29, 0.717) is 13.1 Å². The Morgan fingerprint density at radius 1 is 1.42 bits per heavy atom. The highest BCUT2D eigenvalue weighted by molar-refractivity contribution is 5.78. The number of pyridine rings is 1. The van der Waals surface area contributed by atoms with Gasteiger partial charge in [-0.15, -0.1) is 0 Å². The maximum atomic E-state index is 11.8. The Bertz CT molecular complexity index is 484. The molecule has 1 aliphatic carbocycles. The van der Waals surface area contributed by atoms with Gasteiger partial charge >= 0.3 is 0 Å². The Kier molecular flexibility index (Phi) is 3.38. The van der Waals surface area contributed by atoms with Gasteiger partial charge in [-0.05, 0) is 31.7 Å². The summed E-state index contributed by atoms with van der Waals surface area (Å²) in [7, 11) is 0. The van der Waals surface area contributed by atoms with Crippen LogP contribution in [0.5, 0.6) is 5.75 Å². The van der Waals surface area contributed by atoms with Crippen LogP contribution in [0.3, 0.4) is 0 Å². The molecule has 0 saturated carbocycles. The van der Waals surface area contributed by atoms with Crippen LogP contribution in [0.4, 0.5) is 0 Å². The molecule has 2 aliphatic rings. The van der Waals surface area contributed by atoms with Crippen LogP contribution in [0.25, 0.3) is 0 Å². The van der Waals surface area contributed by atoms with E-state index in [2.05, 4.69) is 4.98 Å². The Morgan fingerprint density at radius 2 is 2.21 bits per heavy atom. The Balaban J connectivity index is 1.62. The zero-order valence-electron chi connectivity index (χ0n) is 10.8. The fourth-order valence-electron chi connectivity index (χ4n) is 2.62. The fourth-order valence-corrected chi connectivity index (χ4v) is 2.62. The van der Waals surface area contributed by atoms with Crippen LogP contribution in [-0.4, -0.2) is 46.7 Å². The molecule has 0 unspecified atom stereocenters. The van der Waals surface area contributed by atoms with Crippen LogP contribution in [0, 0.1) is 0 Å². The molecule has 5 heteroatoms. The average Bonchev–Trinajstić information content (AvgIpc) is 2.41. The van der Waals surface area contributed by atoms with Crippen molar-refractivity contribution in [3.8, 4) is 5.75 Å². The first-order valence-corrected chi connectivity index (χ1v) is 6.79. The summed E-state index contributed by atoms with van der Waals surface area (Å²) in [5.74, 6) is 0.728. The summed E-state index contributed by atoms with van der Waals surface area (Å²) in [5.41, 5.74) is 2.26. The maximum Gasteiger partial charge on any atom is 0.260 e. The fraction of sp³-hybridized carbons (Fsp3) is 0.571. The van der Waals surface area contributed by atoms with E-state index in [-0.39, 0.29) is 18.6 Å². The molecule has 5 nitrogen and oxygen atoms in total. The molecule has 0 spiro atoms. The molecular weight excluding hydrogens is 244 g/mol. The van der Waals surface area contributed by atoms with E-state index in [9.17, 15) is 4.79 Å². The highest BCUT2D eigenvalue weighted by Gasteiger charge is 2.29. The second-order valence-electron chi connectivity index (χ2n) is 5.18. The van der Waals surface area contributed by atoms with E-state index < -0.39 is 0 Å². The molecule has 3 rings (SSSR count). The van der Waals surface area contributed by atoms with Gasteiger partial charge in [-0.3, -0.25) is 9.78 Å². The lowest BCUT2D eigenvalue weighted by Gasteiger charge is -2.35. The number of rotatable bonds is 3. The number of amides is 1. The molecule has 1 N–H and O–H groups in total. The number of nitrogens with zero attached hydrogens (tertiary/aromatic N) is 2. The van der Waals surface area contributed by atoms with Crippen LogP contribution in [0.2, 0.25) is 0 Å². The molecule has 0 radical (unpaired) electrons. The van der Waals surface area contributed by atoms with Gasteiger partial charge in [0.25, 0.3) is 5.91 Å². The second-order valence-corrected chi connectivity index (χ2v) is 5.18. The quantitative estimate of drug-likeness (QED) is 0.863. The summed E-state index contributed by atoms with van der Waals surface area (Å²) in [6, 6.07) is 1.84. The topological polar surface area (TPSA) is 62.7 Å². The van der Waals surface area contributed by atoms with Crippen LogP contribution in [0.15, 0.2) is 12.3 Å². The van der Waals surface area contributed by atoms with Gasteiger partial charge < -0.3 is 14.7 Å². The van der Waals surface area contributed by atoms with Crippen molar-refractivity contribution in [1.29, 1.82) is 0 Å². The third-order valence-electron chi connectivity index (χ3n) is 3.76. The minimum Gasteiger partial charge on any atom is -0.483 e. The molecule has 1 aromatic heterocycles. The summed E-state index contributed by atoms with van der Waals surface area (Å²) in [4.78, 5) is 17.8. The second kappa shape index (κ2) is 5.17. The zero-order chi connectivity index (χ0) is 13.2. The number of ether oxygens (including phenoxy) is 1. The minimum atomic E-state index is -0.363. The highest BCUT2D eigenvalue weighted by Crippen LogP contribution is 2.27. The number of carbonyl (C=O) groups excluding carboxylic acids is 1. The van der Waals surface area contributed by atoms with Crippen LogP contribution in [0.1, 0.15) is 24.1 Å². The van der Waals surface area contributed by atoms with Crippen LogP contribution < -0.4 is 4.74 Å². The number of carbonyl (C=O) groups is 1. The number of hydrogen-bond acceptors (Lipinski definition) is 4. The number of β-amino-alcohol motifs (C(OH)–C–C–N with tert-alkyl or cyclic N) is 1. The van der Waals surface area contributed by atoms with E-state index in [1.54, 1.807) is 11.1 Å². The Labute approximate surface area is 112 Å². The number of likely N-dealkylation sites (tertiary alicyclic amines) is 1. The summed E-state index contributed by atoms with van der Waals surface area (Å²) in [5, 5.41) is 9.17. The van der Waals surface area contributed by atoms with Gasteiger partial charge in [0.15, 0.2) is 6.61 Å². The third-order valence-corrected chi connectivity index (χ3v) is 3.76. The molecular formula is C14H18N2O3. The van der Waals surface area contributed by atoms with Crippen molar-refractivity contribution in [3.63, 3.8) is 0 Å². The number of fused-ring (bicyclic) bond motifs is 1. The number of aromatic nitrogens is 1. The molecule has 19 heavy (non-hydrogen) atoms. The number of hydrogen-bond donors (Lipinski definition) is 1. The summed E-state index contributed by atoms with van der Waals surface area (Å²) < 4.78 is 5.65. The summed E-state index contributed by atoms with van der Waals surface area (Å²) in [6.07, 6.45) is 5.69. The van der Waals surface area contributed by atoms with E-state index in [1.165, 1.54) is 6.42 Å². The van der Waals surface area contributed by atoms with Gasteiger partial charge in [-0.1, -0.05) is 0 Å².